The van der Waals surface area contributed by atoms with Crippen LogP contribution in [0.15, 0.2) is 53.4 Å². The van der Waals surface area contributed by atoms with Crippen molar-refractivity contribution in [3.05, 3.63) is 64.2 Å². The van der Waals surface area contributed by atoms with E-state index >= 15 is 0 Å². The van der Waals surface area contributed by atoms with E-state index in [-0.39, 0.29) is 22.2 Å². The SMILES string of the molecule is O=C(NN1CCCCC1)c1ccc(OS(=O)(=O)c2cccc([N+](=O)[O-])c2)cc1. The zero-order chi connectivity index (χ0) is 20.1. The number of carbonyl (C=O) groups is 1. The van der Waals surface area contributed by atoms with Gasteiger partial charge in [-0.3, -0.25) is 20.3 Å². The summed E-state index contributed by atoms with van der Waals surface area (Å²) >= 11 is 0. The van der Waals surface area contributed by atoms with Crippen molar-refractivity contribution in [3.63, 3.8) is 0 Å². The van der Waals surface area contributed by atoms with Gasteiger partial charge in [0, 0.05) is 30.8 Å². The number of nitrogens with one attached hydrogen (secondary N) is 1. The summed E-state index contributed by atoms with van der Waals surface area (Å²) in [6, 6.07) is 10.2. The van der Waals surface area contributed by atoms with Crippen LogP contribution >= 0.6 is 0 Å². The molecule has 0 atom stereocenters. The van der Waals surface area contributed by atoms with Crippen molar-refractivity contribution in [1.82, 2.24) is 10.4 Å². The third-order valence-corrected chi connectivity index (χ3v) is 5.50. The molecule has 1 fully saturated rings. The minimum Gasteiger partial charge on any atom is -0.379 e. The van der Waals surface area contributed by atoms with Crippen LogP contribution in [0.2, 0.25) is 0 Å². The number of carbonyl (C=O) groups excluding carboxylic acids is 1. The van der Waals surface area contributed by atoms with E-state index in [1.807, 2.05) is 5.01 Å². The summed E-state index contributed by atoms with van der Waals surface area (Å²) in [5, 5.41) is 12.7. The number of rotatable bonds is 6. The van der Waals surface area contributed by atoms with Crippen molar-refractivity contribution in [2.45, 2.75) is 24.2 Å². The van der Waals surface area contributed by atoms with E-state index in [1.165, 1.54) is 42.5 Å². The van der Waals surface area contributed by atoms with Gasteiger partial charge in [0.15, 0.2) is 0 Å². The van der Waals surface area contributed by atoms with Crippen molar-refractivity contribution in [3.8, 4) is 5.75 Å². The molecule has 0 saturated carbocycles. The number of benzene rings is 2. The maximum absolute atomic E-state index is 12.3. The Kier molecular flexibility index (Phi) is 5.90. The fourth-order valence-electron chi connectivity index (χ4n) is 2.80. The summed E-state index contributed by atoms with van der Waals surface area (Å²) in [6.07, 6.45) is 3.21. The smallest absolute Gasteiger partial charge is 0.339 e. The lowest BCUT2D eigenvalue weighted by molar-refractivity contribution is -0.385. The van der Waals surface area contributed by atoms with Crippen LogP contribution in [0.25, 0.3) is 0 Å². The summed E-state index contributed by atoms with van der Waals surface area (Å²) in [6.45, 7) is 1.60. The van der Waals surface area contributed by atoms with Crippen molar-refractivity contribution in [2.75, 3.05) is 13.1 Å². The normalized spacial score (nSPS) is 15.0. The highest BCUT2D eigenvalue weighted by atomic mass is 32.2. The van der Waals surface area contributed by atoms with Gasteiger partial charge in [0.2, 0.25) is 0 Å². The Morgan fingerprint density at radius 3 is 2.39 bits per heavy atom. The molecular weight excluding hydrogens is 386 g/mol. The number of nitro groups is 1. The number of hydrogen-bond acceptors (Lipinski definition) is 7. The lowest BCUT2D eigenvalue weighted by Crippen LogP contribution is -2.45. The van der Waals surface area contributed by atoms with Gasteiger partial charge in [-0.25, -0.2) is 5.01 Å². The fourth-order valence-corrected chi connectivity index (χ4v) is 3.77. The molecule has 3 rings (SSSR count). The number of hydrazine groups is 1. The maximum atomic E-state index is 12.3. The van der Waals surface area contributed by atoms with Gasteiger partial charge in [0.05, 0.1) is 4.92 Å². The first-order valence-electron chi connectivity index (χ1n) is 8.70. The largest absolute Gasteiger partial charge is 0.379 e. The fraction of sp³-hybridized carbons (Fsp3) is 0.278. The van der Waals surface area contributed by atoms with E-state index in [9.17, 15) is 23.3 Å². The van der Waals surface area contributed by atoms with Gasteiger partial charge in [-0.1, -0.05) is 12.5 Å². The molecule has 9 nitrogen and oxygen atoms in total. The van der Waals surface area contributed by atoms with Gasteiger partial charge in [-0.15, -0.1) is 0 Å². The molecule has 2 aromatic carbocycles. The number of hydrogen-bond donors (Lipinski definition) is 1. The molecule has 0 aliphatic carbocycles. The van der Waals surface area contributed by atoms with E-state index in [4.69, 9.17) is 4.18 Å². The third kappa shape index (κ3) is 4.84. The van der Waals surface area contributed by atoms with Gasteiger partial charge in [0.1, 0.15) is 10.6 Å². The molecular formula is C18H19N3O6S. The molecule has 1 amide bonds. The second-order valence-electron chi connectivity index (χ2n) is 6.30. The first-order valence-corrected chi connectivity index (χ1v) is 10.1. The Balaban J connectivity index is 1.68. The van der Waals surface area contributed by atoms with E-state index in [0.717, 1.165) is 38.4 Å². The van der Waals surface area contributed by atoms with E-state index in [1.54, 1.807) is 0 Å². The molecule has 0 aromatic heterocycles. The van der Waals surface area contributed by atoms with Crippen LogP contribution in [0, 0.1) is 10.1 Å². The van der Waals surface area contributed by atoms with Crippen molar-refractivity contribution >= 4 is 21.7 Å². The minimum absolute atomic E-state index is 0.000952. The molecule has 28 heavy (non-hydrogen) atoms. The van der Waals surface area contributed by atoms with Crippen LogP contribution in [-0.2, 0) is 10.1 Å². The summed E-state index contributed by atoms with van der Waals surface area (Å²) in [5.41, 5.74) is 2.83. The lowest BCUT2D eigenvalue weighted by Gasteiger charge is -2.26. The molecule has 0 bridgehead atoms. The molecule has 2 aromatic rings. The topological polar surface area (TPSA) is 119 Å². The predicted molar refractivity (Wildman–Crippen MR) is 100 cm³/mol. The van der Waals surface area contributed by atoms with E-state index in [0.29, 0.717) is 5.56 Å². The monoisotopic (exact) mass is 405 g/mol. The summed E-state index contributed by atoms with van der Waals surface area (Å²) < 4.78 is 29.7. The highest BCUT2D eigenvalue weighted by Crippen LogP contribution is 2.22. The number of amides is 1. The van der Waals surface area contributed by atoms with E-state index < -0.39 is 15.0 Å². The molecule has 0 unspecified atom stereocenters. The van der Waals surface area contributed by atoms with Crippen LogP contribution in [0.3, 0.4) is 0 Å². The van der Waals surface area contributed by atoms with Gasteiger partial charge in [-0.05, 0) is 43.2 Å². The zero-order valence-corrected chi connectivity index (χ0v) is 15.7. The Hall–Kier alpha value is -2.98. The maximum Gasteiger partial charge on any atom is 0.339 e. The second kappa shape index (κ2) is 8.36. The molecule has 1 saturated heterocycles. The zero-order valence-electron chi connectivity index (χ0n) is 14.9. The second-order valence-corrected chi connectivity index (χ2v) is 7.85. The van der Waals surface area contributed by atoms with Gasteiger partial charge in [-0.2, -0.15) is 8.42 Å². The van der Waals surface area contributed by atoms with Crippen molar-refractivity contribution < 1.29 is 22.3 Å². The standard InChI is InChI=1S/C18H19N3O6S/c22-18(19-20-11-2-1-3-12-20)14-7-9-16(10-8-14)27-28(25,26)17-6-4-5-15(13-17)21(23)24/h4-10,13H,1-3,11-12H2,(H,19,22). The number of nitrogens with zero attached hydrogens (tertiary/aromatic N) is 2. The van der Waals surface area contributed by atoms with Gasteiger partial charge in [0.25, 0.3) is 11.6 Å². The number of piperidine rings is 1. The molecule has 1 N–H and O–H groups in total. The predicted octanol–water partition coefficient (Wildman–Crippen LogP) is 2.49. The summed E-state index contributed by atoms with van der Waals surface area (Å²) in [5.74, 6) is -0.281. The van der Waals surface area contributed by atoms with Crippen LogP contribution in [0.4, 0.5) is 5.69 Å². The Bertz CT molecular complexity index is 969. The molecule has 1 heterocycles. The quantitative estimate of drug-likeness (QED) is 0.445. The third-order valence-electron chi connectivity index (χ3n) is 4.26. The molecule has 0 radical (unpaired) electrons. The van der Waals surface area contributed by atoms with E-state index in [2.05, 4.69) is 5.43 Å². The van der Waals surface area contributed by atoms with Crippen LogP contribution in [-0.4, -0.2) is 37.3 Å². The highest BCUT2D eigenvalue weighted by Gasteiger charge is 2.20. The highest BCUT2D eigenvalue weighted by molar-refractivity contribution is 7.87. The minimum atomic E-state index is -4.24. The number of nitro benzene ring substituents is 1. The van der Waals surface area contributed by atoms with Crippen molar-refractivity contribution in [2.24, 2.45) is 0 Å². The first kappa shape index (κ1) is 19.8. The summed E-state index contributed by atoms with van der Waals surface area (Å²) in [4.78, 5) is 22.1. The molecule has 0 spiro atoms. The number of non-ortho nitro benzene ring substituents is 1. The van der Waals surface area contributed by atoms with Crippen LogP contribution < -0.4 is 9.61 Å². The van der Waals surface area contributed by atoms with Crippen LogP contribution in [0.1, 0.15) is 29.6 Å². The lowest BCUT2D eigenvalue weighted by atomic mass is 10.1. The van der Waals surface area contributed by atoms with Crippen LogP contribution in [0.5, 0.6) is 5.75 Å². The first-order chi connectivity index (χ1) is 13.3. The molecule has 1 aliphatic rings. The average Bonchev–Trinajstić information content (AvgIpc) is 2.69. The molecule has 10 heteroatoms. The molecule has 148 valence electrons. The van der Waals surface area contributed by atoms with Gasteiger partial charge >= 0.3 is 10.1 Å². The average molecular weight is 405 g/mol. The molecule has 1 aliphatic heterocycles. The Labute approximate surface area is 162 Å². The Morgan fingerprint density at radius 2 is 1.75 bits per heavy atom. The Morgan fingerprint density at radius 1 is 1.07 bits per heavy atom. The van der Waals surface area contributed by atoms with Gasteiger partial charge < -0.3 is 4.18 Å². The summed E-state index contributed by atoms with van der Waals surface area (Å²) in [7, 11) is -4.24. The van der Waals surface area contributed by atoms with Crippen molar-refractivity contribution in [1.29, 1.82) is 0 Å².